The second-order valence-electron chi connectivity index (χ2n) is 5.04. The summed E-state index contributed by atoms with van der Waals surface area (Å²) in [4.78, 5) is 18.2. The largest absolute Gasteiger partial charge is 0.361 e. The van der Waals surface area contributed by atoms with Crippen LogP contribution in [0.15, 0.2) is 48.7 Å². The molecule has 1 aromatic heterocycles. The lowest BCUT2D eigenvalue weighted by Crippen LogP contribution is -2.22. The summed E-state index contributed by atoms with van der Waals surface area (Å²) in [6.07, 6.45) is 1.92. The van der Waals surface area contributed by atoms with Crippen LogP contribution in [0.25, 0.3) is 0 Å². The van der Waals surface area contributed by atoms with Crippen LogP contribution in [0.3, 0.4) is 0 Å². The van der Waals surface area contributed by atoms with E-state index in [1.165, 1.54) is 0 Å². The molecule has 3 N–H and O–H groups in total. The van der Waals surface area contributed by atoms with Gasteiger partial charge in [0.05, 0.1) is 5.69 Å². The van der Waals surface area contributed by atoms with Crippen LogP contribution in [0.4, 0.5) is 11.5 Å². The van der Waals surface area contributed by atoms with Gasteiger partial charge in [0, 0.05) is 32.8 Å². The number of rotatable bonds is 5. The summed E-state index contributed by atoms with van der Waals surface area (Å²) in [6, 6.07) is 12.9. The van der Waals surface area contributed by atoms with Gasteiger partial charge in [0.15, 0.2) is 5.82 Å². The van der Waals surface area contributed by atoms with Crippen molar-refractivity contribution in [3.63, 3.8) is 0 Å². The minimum absolute atomic E-state index is 0.123. The van der Waals surface area contributed by atoms with Crippen LogP contribution in [0, 0.1) is 0 Å². The monoisotopic (exact) mass is 284 g/mol. The van der Waals surface area contributed by atoms with Crippen molar-refractivity contribution in [2.24, 2.45) is 5.73 Å². The molecule has 2 aromatic rings. The van der Waals surface area contributed by atoms with E-state index >= 15 is 0 Å². The number of anilines is 2. The first-order valence-corrected chi connectivity index (χ1v) is 6.80. The first-order valence-electron chi connectivity index (χ1n) is 6.80. The molecule has 1 unspecified atom stereocenters. The minimum Gasteiger partial charge on any atom is -0.361 e. The van der Waals surface area contributed by atoms with Gasteiger partial charge in [0.2, 0.25) is 5.91 Å². The second-order valence-corrected chi connectivity index (χ2v) is 5.04. The van der Waals surface area contributed by atoms with Crippen LogP contribution in [0.1, 0.15) is 18.0 Å². The predicted octanol–water partition coefficient (Wildman–Crippen LogP) is 2.18. The fourth-order valence-electron chi connectivity index (χ4n) is 2.07. The van der Waals surface area contributed by atoms with E-state index in [1.807, 2.05) is 55.4 Å². The maximum Gasteiger partial charge on any atom is 0.226 e. The maximum absolute atomic E-state index is 12.1. The number of carbonyl (C=O) groups excluding carboxylic acids is 1. The van der Waals surface area contributed by atoms with Gasteiger partial charge in [-0.2, -0.15) is 0 Å². The molecule has 1 atom stereocenters. The average Bonchev–Trinajstić information content (AvgIpc) is 2.48. The lowest BCUT2D eigenvalue weighted by Gasteiger charge is -2.17. The zero-order valence-electron chi connectivity index (χ0n) is 12.3. The second kappa shape index (κ2) is 6.85. The van der Waals surface area contributed by atoms with Crippen molar-refractivity contribution in [2.45, 2.75) is 12.5 Å². The Kier molecular flexibility index (Phi) is 4.90. The predicted molar refractivity (Wildman–Crippen MR) is 85.2 cm³/mol. The molecule has 0 saturated carbocycles. The molecule has 0 fully saturated rings. The van der Waals surface area contributed by atoms with Crippen molar-refractivity contribution in [3.8, 4) is 0 Å². The van der Waals surface area contributed by atoms with E-state index < -0.39 is 0 Å². The molecule has 2 rings (SSSR count). The standard InChI is InChI=1S/C16H20N4O/c1-20(2)16-14(9-6-10-18-16)19-15(21)11-13(17)12-7-4-3-5-8-12/h3-10,13H,11,17H2,1-2H3,(H,19,21). The van der Waals surface area contributed by atoms with Gasteiger partial charge in [-0.1, -0.05) is 30.3 Å². The third-order valence-electron chi connectivity index (χ3n) is 3.12. The highest BCUT2D eigenvalue weighted by atomic mass is 16.1. The van der Waals surface area contributed by atoms with E-state index in [0.717, 1.165) is 11.4 Å². The van der Waals surface area contributed by atoms with Crippen LogP contribution in [-0.4, -0.2) is 25.0 Å². The molecule has 0 bridgehead atoms. The van der Waals surface area contributed by atoms with Crippen molar-refractivity contribution < 1.29 is 4.79 Å². The van der Waals surface area contributed by atoms with Gasteiger partial charge in [-0.3, -0.25) is 4.79 Å². The van der Waals surface area contributed by atoms with E-state index in [1.54, 1.807) is 12.3 Å². The normalized spacial score (nSPS) is 11.8. The van der Waals surface area contributed by atoms with Crippen molar-refractivity contribution in [1.29, 1.82) is 0 Å². The van der Waals surface area contributed by atoms with Gasteiger partial charge >= 0.3 is 0 Å². The van der Waals surface area contributed by atoms with Crippen molar-refractivity contribution >= 4 is 17.4 Å². The lowest BCUT2D eigenvalue weighted by molar-refractivity contribution is -0.116. The first kappa shape index (κ1) is 15.0. The number of benzene rings is 1. The van der Waals surface area contributed by atoms with Gasteiger partial charge in [0.1, 0.15) is 0 Å². The Hall–Kier alpha value is -2.40. The molecule has 0 aliphatic rings. The third kappa shape index (κ3) is 4.03. The molecule has 0 aliphatic heterocycles. The van der Waals surface area contributed by atoms with Crippen LogP contribution >= 0.6 is 0 Å². The Bertz CT molecular complexity index is 598. The quantitative estimate of drug-likeness (QED) is 0.882. The summed E-state index contributed by atoms with van der Waals surface area (Å²) >= 11 is 0. The van der Waals surface area contributed by atoms with E-state index in [2.05, 4.69) is 10.3 Å². The SMILES string of the molecule is CN(C)c1ncccc1NC(=O)CC(N)c1ccccc1. The van der Waals surface area contributed by atoms with E-state index in [-0.39, 0.29) is 18.4 Å². The molecule has 1 amide bonds. The Labute approximate surface area is 124 Å². The van der Waals surface area contributed by atoms with Gasteiger partial charge < -0.3 is 16.0 Å². The van der Waals surface area contributed by atoms with Gasteiger partial charge in [-0.15, -0.1) is 0 Å². The molecule has 110 valence electrons. The summed E-state index contributed by atoms with van der Waals surface area (Å²) in [6.45, 7) is 0. The molecule has 5 heteroatoms. The first-order chi connectivity index (χ1) is 10.1. The van der Waals surface area contributed by atoms with E-state index in [4.69, 9.17) is 5.73 Å². The molecular weight excluding hydrogens is 264 g/mol. The van der Waals surface area contributed by atoms with E-state index in [9.17, 15) is 4.79 Å². The van der Waals surface area contributed by atoms with Crippen molar-refractivity contribution in [1.82, 2.24) is 4.98 Å². The summed E-state index contributed by atoms with van der Waals surface area (Å²) in [5, 5.41) is 2.87. The maximum atomic E-state index is 12.1. The number of hydrogen-bond donors (Lipinski definition) is 2. The highest BCUT2D eigenvalue weighted by Gasteiger charge is 2.13. The molecule has 0 radical (unpaired) electrons. The van der Waals surface area contributed by atoms with Crippen LogP contribution in [0.5, 0.6) is 0 Å². The molecule has 5 nitrogen and oxygen atoms in total. The fraction of sp³-hybridized carbons (Fsp3) is 0.250. The van der Waals surface area contributed by atoms with Crippen molar-refractivity contribution in [3.05, 3.63) is 54.2 Å². The van der Waals surface area contributed by atoms with Gasteiger partial charge in [-0.25, -0.2) is 4.98 Å². The van der Waals surface area contributed by atoms with Crippen LogP contribution in [-0.2, 0) is 4.79 Å². The summed E-state index contributed by atoms with van der Waals surface area (Å²) < 4.78 is 0. The molecule has 0 spiro atoms. The number of nitrogens with zero attached hydrogens (tertiary/aromatic N) is 2. The number of nitrogens with two attached hydrogens (primary N) is 1. The Morgan fingerprint density at radius 1 is 1.24 bits per heavy atom. The number of pyridine rings is 1. The smallest absolute Gasteiger partial charge is 0.226 e. The number of amides is 1. The average molecular weight is 284 g/mol. The fourth-order valence-corrected chi connectivity index (χ4v) is 2.07. The molecule has 1 heterocycles. The highest BCUT2D eigenvalue weighted by Crippen LogP contribution is 2.21. The highest BCUT2D eigenvalue weighted by molar-refractivity contribution is 5.93. The molecule has 0 aliphatic carbocycles. The molecule has 1 aromatic carbocycles. The zero-order valence-corrected chi connectivity index (χ0v) is 12.3. The minimum atomic E-state index is -0.314. The summed E-state index contributed by atoms with van der Waals surface area (Å²) in [5.41, 5.74) is 7.70. The van der Waals surface area contributed by atoms with Gasteiger partial charge in [0.25, 0.3) is 0 Å². The number of carbonyl (C=O) groups is 1. The van der Waals surface area contributed by atoms with Gasteiger partial charge in [-0.05, 0) is 17.7 Å². The zero-order chi connectivity index (χ0) is 15.2. The molecular formula is C16H20N4O. The number of hydrogen-bond acceptors (Lipinski definition) is 4. The topological polar surface area (TPSA) is 71.2 Å². The Balaban J connectivity index is 2.02. The molecule has 0 saturated heterocycles. The number of nitrogens with one attached hydrogen (secondary N) is 1. The van der Waals surface area contributed by atoms with E-state index in [0.29, 0.717) is 5.69 Å². The van der Waals surface area contributed by atoms with Crippen molar-refractivity contribution in [2.75, 3.05) is 24.3 Å². The number of aromatic nitrogens is 1. The van der Waals surface area contributed by atoms with Crippen LogP contribution in [0.2, 0.25) is 0 Å². The molecule has 21 heavy (non-hydrogen) atoms. The lowest BCUT2D eigenvalue weighted by atomic mass is 10.0. The Morgan fingerprint density at radius 2 is 1.95 bits per heavy atom. The Morgan fingerprint density at radius 3 is 2.62 bits per heavy atom. The third-order valence-corrected chi connectivity index (χ3v) is 3.12. The summed E-state index contributed by atoms with van der Waals surface area (Å²) in [5.74, 6) is 0.599. The van der Waals surface area contributed by atoms with Crippen LogP contribution < -0.4 is 16.0 Å². The summed E-state index contributed by atoms with van der Waals surface area (Å²) in [7, 11) is 3.77.